The van der Waals surface area contributed by atoms with E-state index < -0.39 is 12.3 Å². The molecule has 0 amide bonds. The van der Waals surface area contributed by atoms with E-state index in [9.17, 15) is 9.90 Å². The number of carbonyl (C=O) groups excluding carboxylic acids is 1. The monoisotopic (exact) mass is 98.0 g/mol. The first kappa shape index (κ1) is 4.62. The zero-order chi connectivity index (χ0) is 6.08. The number of carbonyl (C=O) groups is 1. The molecule has 0 aliphatic carbocycles. The summed E-state index contributed by atoms with van der Waals surface area (Å²) in [4.78, 5) is 9.53. The molecule has 0 aliphatic rings. The predicted octanol–water partition coefficient (Wildman–Crippen LogP) is -3.85. The number of rotatable bonds is 1. The molecule has 0 fully saturated rings. The molecule has 0 aromatic heterocycles. The van der Waals surface area contributed by atoms with E-state index in [2.05, 4.69) is 0 Å². The fourth-order valence-corrected chi connectivity index (χ4v) is 0. The minimum absolute atomic E-state index is 0. The van der Waals surface area contributed by atoms with Crippen molar-refractivity contribution in [3.63, 3.8) is 0 Å². The van der Waals surface area contributed by atoms with Gasteiger partial charge in [0.15, 0.2) is 0 Å². The second kappa shape index (κ2) is 5.47. The zero-order valence-electron chi connectivity index (χ0n) is 5.82. The predicted molar refractivity (Wildman–Crippen MR) is 15.3 cm³/mol. The molecule has 0 saturated heterocycles. The van der Waals surface area contributed by atoms with Gasteiger partial charge in [0.2, 0.25) is 0 Å². The van der Waals surface area contributed by atoms with E-state index in [0.29, 0.717) is 0 Å². The molecular formula is C3H5NaO2. The Balaban J connectivity index is 0. The van der Waals surface area contributed by atoms with Crippen LogP contribution in [0.4, 0.5) is 0 Å². The van der Waals surface area contributed by atoms with Gasteiger partial charge in [-0.1, -0.05) is 6.92 Å². The summed E-state index contributed by atoms with van der Waals surface area (Å²) in [5, 5.41) is 9.53. The maximum atomic E-state index is 9.53. The molecule has 3 heteroatoms. The first-order valence-electron chi connectivity index (χ1n) is 2.16. The molecule has 0 heterocycles. The number of carboxylic acids is 1. The van der Waals surface area contributed by atoms with E-state index in [1.807, 2.05) is 0 Å². The molecule has 0 saturated carbocycles. The van der Waals surface area contributed by atoms with Gasteiger partial charge in [-0.25, -0.2) is 0 Å². The topological polar surface area (TPSA) is 40.1 Å². The third-order valence-electron chi connectivity index (χ3n) is 0.204. The van der Waals surface area contributed by atoms with Crippen LogP contribution in [-0.4, -0.2) is 5.97 Å². The molecule has 0 rings (SSSR count). The number of hydrogen-bond donors (Lipinski definition) is 0. The van der Waals surface area contributed by atoms with Crippen LogP contribution in [0.15, 0.2) is 0 Å². The SMILES string of the molecule is [2H]C([2H])(C)C(=O)[O-].[Na+]. The van der Waals surface area contributed by atoms with Crippen LogP contribution in [0.1, 0.15) is 16.0 Å². The largest absolute Gasteiger partial charge is 1.00 e. The standard InChI is InChI=1S/C3H6O2.Na/c1-2-3(4)5;/h2H2,1H3,(H,4,5);/q;+1/p-1/i2D2;. The quantitative estimate of drug-likeness (QED) is 0.315. The summed E-state index contributed by atoms with van der Waals surface area (Å²) < 4.78 is 12.8. The average molecular weight is 98.1 g/mol. The van der Waals surface area contributed by atoms with Crippen LogP contribution >= 0.6 is 0 Å². The van der Waals surface area contributed by atoms with Crippen LogP contribution in [0.5, 0.6) is 0 Å². The second-order valence-electron chi connectivity index (χ2n) is 0.537. The van der Waals surface area contributed by atoms with E-state index in [-0.39, 0.29) is 29.6 Å². The Kier molecular flexibility index (Phi) is 4.22. The van der Waals surface area contributed by atoms with Gasteiger partial charge in [-0.3, -0.25) is 0 Å². The van der Waals surface area contributed by atoms with Crippen LogP contribution in [0.2, 0.25) is 0 Å². The summed E-state index contributed by atoms with van der Waals surface area (Å²) in [5.74, 6) is -1.67. The summed E-state index contributed by atoms with van der Waals surface area (Å²) in [5.41, 5.74) is 0. The summed E-state index contributed by atoms with van der Waals surface area (Å²) in [6, 6.07) is 0. The Morgan fingerprint density at radius 3 is 2.33 bits per heavy atom. The van der Waals surface area contributed by atoms with E-state index in [4.69, 9.17) is 2.74 Å². The molecule has 0 spiro atoms. The summed E-state index contributed by atoms with van der Waals surface area (Å²) >= 11 is 0. The van der Waals surface area contributed by atoms with Crippen molar-refractivity contribution < 1.29 is 42.2 Å². The molecule has 30 valence electrons. The number of aliphatic carboxylic acids is 1. The molecule has 0 atom stereocenters. The fourth-order valence-electron chi connectivity index (χ4n) is 0. The molecule has 2 nitrogen and oxygen atoms in total. The Morgan fingerprint density at radius 2 is 2.33 bits per heavy atom. The van der Waals surface area contributed by atoms with Crippen molar-refractivity contribution in [3.8, 4) is 0 Å². The van der Waals surface area contributed by atoms with Gasteiger partial charge in [0.05, 0.1) is 0 Å². The van der Waals surface area contributed by atoms with Crippen molar-refractivity contribution >= 4 is 5.97 Å². The van der Waals surface area contributed by atoms with Crippen molar-refractivity contribution in [2.75, 3.05) is 0 Å². The Labute approximate surface area is 61.6 Å². The maximum Gasteiger partial charge on any atom is 1.00 e. The number of hydrogen-bond acceptors (Lipinski definition) is 2. The molecule has 0 unspecified atom stereocenters. The molecular weight excluding hydrogens is 91.0 g/mol. The normalized spacial score (nSPS) is 13.5. The van der Waals surface area contributed by atoms with Gasteiger partial charge in [0, 0.05) is 8.71 Å². The van der Waals surface area contributed by atoms with Gasteiger partial charge in [0.25, 0.3) is 0 Å². The molecule has 6 heavy (non-hydrogen) atoms. The van der Waals surface area contributed by atoms with Crippen LogP contribution in [0, 0.1) is 0 Å². The Bertz CT molecular complexity index is 87.8. The summed E-state index contributed by atoms with van der Waals surface area (Å²) in [6.07, 6.45) is -2.19. The molecule has 0 aliphatic heterocycles. The summed E-state index contributed by atoms with van der Waals surface area (Å²) in [6.45, 7) is 0.933. The van der Waals surface area contributed by atoms with E-state index in [1.165, 1.54) is 0 Å². The third kappa shape index (κ3) is 8.82. The van der Waals surface area contributed by atoms with Gasteiger partial charge in [-0.15, -0.1) is 0 Å². The summed E-state index contributed by atoms with van der Waals surface area (Å²) in [7, 11) is 0. The van der Waals surface area contributed by atoms with E-state index >= 15 is 0 Å². The Morgan fingerprint density at radius 1 is 2.17 bits per heavy atom. The van der Waals surface area contributed by atoms with Gasteiger partial charge in [-0.05, 0) is 6.37 Å². The molecule has 0 bridgehead atoms. The Hall–Kier alpha value is 0.470. The second-order valence-corrected chi connectivity index (χ2v) is 0.537. The first-order valence-corrected chi connectivity index (χ1v) is 1.16. The molecule has 0 aromatic rings. The van der Waals surface area contributed by atoms with Crippen molar-refractivity contribution in [2.45, 2.75) is 13.3 Å². The third-order valence-corrected chi connectivity index (χ3v) is 0.204. The van der Waals surface area contributed by atoms with Crippen LogP contribution < -0.4 is 34.7 Å². The van der Waals surface area contributed by atoms with Crippen LogP contribution in [0.25, 0.3) is 0 Å². The van der Waals surface area contributed by atoms with Crippen molar-refractivity contribution in [1.82, 2.24) is 0 Å². The van der Waals surface area contributed by atoms with Gasteiger partial charge in [0.1, 0.15) is 0 Å². The minimum atomic E-state index is -2.19. The molecule has 0 N–H and O–H groups in total. The zero-order valence-corrected chi connectivity index (χ0v) is 5.82. The smallest absolute Gasteiger partial charge is 0.550 e. The average Bonchev–Trinajstić information content (AvgIpc) is 1.31. The fraction of sp³-hybridized carbons (Fsp3) is 0.667. The maximum absolute atomic E-state index is 9.53. The van der Waals surface area contributed by atoms with E-state index in [0.717, 1.165) is 6.92 Å². The van der Waals surface area contributed by atoms with Gasteiger partial charge >= 0.3 is 29.6 Å². The number of carboxylic acid groups (broad SMARTS) is 1. The van der Waals surface area contributed by atoms with Gasteiger partial charge < -0.3 is 9.90 Å². The van der Waals surface area contributed by atoms with Crippen LogP contribution in [0.3, 0.4) is 0 Å². The van der Waals surface area contributed by atoms with Crippen molar-refractivity contribution in [2.24, 2.45) is 0 Å². The minimum Gasteiger partial charge on any atom is -0.550 e. The first-order chi connectivity index (χ1) is 2.94. The van der Waals surface area contributed by atoms with Gasteiger partial charge in [-0.2, -0.15) is 0 Å². The van der Waals surface area contributed by atoms with E-state index in [1.54, 1.807) is 0 Å². The van der Waals surface area contributed by atoms with Crippen molar-refractivity contribution in [1.29, 1.82) is 0 Å². The molecule has 0 radical (unpaired) electrons. The molecule has 0 aromatic carbocycles. The van der Waals surface area contributed by atoms with Crippen molar-refractivity contribution in [3.05, 3.63) is 0 Å². The van der Waals surface area contributed by atoms with Crippen LogP contribution in [-0.2, 0) is 4.79 Å².